The van der Waals surface area contributed by atoms with E-state index in [-0.39, 0.29) is 5.78 Å². The molecule has 2 heterocycles. The second-order valence-electron chi connectivity index (χ2n) is 3.42. The van der Waals surface area contributed by atoms with Crippen molar-refractivity contribution < 1.29 is 9.53 Å². The second-order valence-corrected chi connectivity index (χ2v) is 3.42. The van der Waals surface area contributed by atoms with Gasteiger partial charge in [0, 0.05) is 30.6 Å². The van der Waals surface area contributed by atoms with Crippen molar-refractivity contribution in [2.45, 2.75) is 13.3 Å². The van der Waals surface area contributed by atoms with E-state index in [1.54, 1.807) is 20.2 Å². The Morgan fingerprint density at radius 2 is 2.40 bits per heavy atom. The maximum atomic E-state index is 11.0. The van der Waals surface area contributed by atoms with Gasteiger partial charge in [0.05, 0.1) is 7.11 Å². The zero-order valence-electron chi connectivity index (χ0n) is 8.73. The van der Waals surface area contributed by atoms with E-state index in [2.05, 4.69) is 4.98 Å². The number of carbonyl (C=O) groups excluding carboxylic acids is 1. The summed E-state index contributed by atoms with van der Waals surface area (Å²) in [4.78, 5) is 15.2. The van der Waals surface area contributed by atoms with Gasteiger partial charge in [0.15, 0.2) is 0 Å². The Morgan fingerprint density at radius 3 is 3.07 bits per heavy atom. The smallest absolute Gasteiger partial charge is 0.140 e. The summed E-state index contributed by atoms with van der Waals surface area (Å²) >= 11 is 0. The van der Waals surface area contributed by atoms with E-state index in [0.29, 0.717) is 6.42 Å². The number of rotatable bonds is 3. The SMILES string of the molecule is COc1ccn2c(CC(C)=O)cnc2c1. The molecule has 0 aliphatic rings. The minimum absolute atomic E-state index is 0.132. The van der Waals surface area contributed by atoms with E-state index in [1.165, 1.54) is 0 Å². The van der Waals surface area contributed by atoms with Gasteiger partial charge in [-0.05, 0) is 13.0 Å². The lowest BCUT2D eigenvalue weighted by atomic mass is 10.2. The standard InChI is InChI=1S/C11H12N2O2/c1-8(14)5-9-7-12-11-6-10(15-2)3-4-13(9)11/h3-4,6-7H,5H2,1-2H3. The van der Waals surface area contributed by atoms with Crippen LogP contribution in [-0.2, 0) is 11.2 Å². The number of hydrogen-bond donors (Lipinski definition) is 0. The summed E-state index contributed by atoms with van der Waals surface area (Å²) in [6.45, 7) is 1.57. The molecule has 0 spiro atoms. The maximum absolute atomic E-state index is 11.0. The number of carbonyl (C=O) groups is 1. The Bertz CT molecular complexity index is 502. The van der Waals surface area contributed by atoms with Gasteiger partial charge in [-0.3, -0.25) is 4.79 Å². The molecule has 78 valence electrons. The van der Waals surface area contributed by atoms with Gasteiger partial charge >= 0.3 is 0 Å². The van der Waals surface area contributed by atoms with Crippen LogP contribution in [0, 0.1) is 0 Å². The number of pyridine rings is 1. The van der Waals surface area contributed by atoms with E-state index in [4.69, 9.17) is 4.74 Å². The third kappa shape index (κ3) is 1.83. The summed E-state index contributed by atoms with van der Waals surface area (Å²) in [6.07, 6.45) is 3.99. The van der Waals surface area contributed by atoms with Crippen molar-refractivity contribution in [2.75, 3.05) is 7.11 Å². The first-order chi connectivity index (χ1) is 7.20. The highest BCUT2D eigenvalue weighted by atomic mass is 16.5. The predicted molar refractivity (Wildman–Crippen MR) is 56.1 cm³/mol. The quantitative estimate of drug-likeness (QED) is 0.760. The molecule has 15 heavy (non-hydrogen) atoms. The number of ether oxygens (including phenoxy) is 1. The molecule has 2 aromatic rings. The van der Waals surface area contributed by atoms with Crippen molar-refractivity contribution >= 4 is 11.4 Å². The van der Waals surface area contributed by atoms with E-state index in [9.17, 15) is 4.79 Å². The van der Waals surface area contributed by atoms with E-state index < -0.39 is 0 Å². The third-order valence-corrected chi connectivity index (χ3v) is 2.23. The molecule has 0 N–H and O–H groups in total. The molecule has 0 radical (unpaired) electrons. The maximum Gasteiger partial charge on any atom is 0.140 e. The minimum atomic E-state index is 0.132. The zero-order chi connectivity index (χ0) is 10.8. The number of imidazole rings is 1. The molecule has 0 fully saturated rings. The summed E-state index contributed by atoms with van der Waals surface area (Å²) in [5, 5.41) is 0. The van der Waals surface area contributed by atoms with Gasteiger partial charge in [0.25, 0.3) is 0 Å². The molecular weight excluding hydrogens is 192 g/mol. The molecule has 0 saturated carbocycles. The van der Waals surface area contributed by atoms with Crippen LogP contribution in [-0.4, -0.2) is 22.3 Å². The summed E-state index contributed by atoms with van der Waals surface area (Å²) in [5.41, 5.74) is 1.70. The van der Waals surface area contributed by atoms with Crippen LogP contribution in [0.4, 0.5) is 0 Å². The lowest BCUT2D eigenvalue weighted by Gasteiger charge is -2.01. The molecule has 0 bridgehead atoms. The molecule has 0 saturated heterocycles. The number of hydrogen-bond acceptors (Lipinski definition) is 3. The summed E-state index contributed by atoms with van der Waals surface area (Å²) in [7, 11) is 1.62. The van der Waals surface area contributed by atoms with Crippen LogP contribution >= 0.6 is 0 Å². The van der Waals surface area contributed by atoms with Gasteiger partial charge in [-0.25, -0.2) is 4.98 Å². The van der Waals surface area contributed by atoms with Crippen LogP contribution in [0.15, 0.2) is 24.5 Å². The second kappa shape index (κ2) is 3.73. The first kappa shape index (κ1) is 9.71. The van der Waals surface area contributed by atoms with Crippen molar-refractivity contribution in [3.8, 4) is 5.75 Å². The third-order valence-electron chi connectivity index (χ3n) is 2.23. The number of methoxy groups -OCH3 is 1. The molecular formula is C11H12N2O2. The Kier molecular flexibility index (Phi) is 2.41. The molecule has 0 atom stereocenters. The first-order valence-corrected chi connectivity index (χ1v) is 4.70. The molecule has 0 aliphatic heterocycles. The number of aromatic nitrogens is 2. The molecule has 0 aliphatic carbocycles. The van der Waals surface area contributed by atoms with Gasteiger partial charge < -0.3 is 9.14 Å². The summed E-state index contributed by atoms with van der Waals surface area (Å²) in [6, 6.07) is 3.68. The summed E-state index contributed by atoms with van der Waals surface area (Å²) < 4.78 is 6.99. The van der Waals surface area contributed by atoms with Gasteiger partial charge in [-0.15, -0.1) is 0 Å². The van der Waals surface area contributed by atoms with Crippen molar-refractivity contribution in [1.82, 2.24) is 9.38 Å². The fourth-order valence-corrected chi connectivity index (χ4v) is 1.53. The van der Waals surface area contributed by atoms with Crippen LogP contribution < -0.4 is 4.74 Å². The molecule has 4 nitrogen and oxygen atoms in total. The molecule has 2 rings (SSSR count). The van der Waals surface area contributed by atoms with Crippen molar-refractivity contribution in [1.29, 1.82) is 0 Å². The highest BCUT2D eigenvalue weighted by molar-refractivity contribution is 5.78. The fourth-order valence-electron chi connectivity index (χ4n) is 1.53. The lowest BCUT2D eigenvalue weighted by molar-refractivity contribution is -0.116. The largest absolute Gasteiger partial charge is 0.497 e. The molecule has 0 unspecified atom stereocenters. The Balaban J connectivity index is 2.47. The van der Waals surface area contributed by atoms with Crippen LogP contribution in [0.1, 0.15) is 12.6 Å². The van der Waals surface area contributed by atoms with Gasteiger partial charge in [0.1, 0.15) is 17.2 Å². The van der Waals surface area contributed by atoms with Gasteiger partial charge in [-0.2, -0.15) is 0 Å². The van der Waals surface area contributed by atoms with Crippen LogP contribution in [0.25, 0.3) is 5.65 Å². The zero-order valence-corrected chi connectivity index (χ0v) is 8.73. The number of Topliss-reactive ketones (excluding diaryl/α,β-unsaturated/α-hetero) is 1. The first-order valence-electron chi connectivity index (χ1n) is 4.70. The van der Waals surface area contributed by atoms with Gasteiger partial charge in [0.2, 0.25) is 0 Å². The highest BCUT2D eigenvalue weighted by Crippen LogP contribution is 2.15. The van der Waals surface area contributed by atoms with Crippen molar-refractivity contribution in [3.05, 3.63) is 30.2 Å². The van der Waals surface area contributed by atoms with Crippen LogP contribution in [0.5, 0.6) is 5.75 Å². The topological polar surface area (TPSA) is 43.6 Å². The van der Waals surface area contributed by atoms with Gasteiger partial charge in [-0.1, -0.05) is 0 Å². The summed E-state index contributed by atoms with van der Waals surface area (Å²) in [5.74, 6) is 0.898. The van der Waals surface area contributed by atoms with Crippen LogP contribution in [0.3, 0.4) is 0 Å². The predicted octanol–water partition coefficient (Wildman–Crippen LogP) is 1.47. The molecule has 4 heteroatoms. The Labute approximate surface area is 87.5 Å². The lowest BCUT2D eigenvalue weighted by Crippen LogP contribution is -2.00. The molecule has 2 aromatic heterocycles. The highest BCUT2D eigenvalue weighted by Gasteiger charge is 2.05. The van der Waals surface area contributed by atoms with E-state index in [1.807, 2.05) is 22.7 Å². The fraction of sp³-hybridized carbons (Fsp3) is 0.273. The average Bonchev–Trinajstić information content (AvgIpc) is 2.60. The van der Waals surface area contributed by atoms with Crippen molar-refractivity contribution in [3.63, 3.8) is 0 Å². The minimum Gasteiger partial charge on any atom is -0.497 e. The Hall–Kier alpha value is -1.84. The number of ketones is 1. The van der Waals surface area contributed by atoms with Crippen molar-refractivity contribution in [2.24, 2.45) is 0 Å². The van der Waals surface area contributed by atoms with E-state index in [0.717, 1.165) is 17.1 Å². The van der Waals surface area contributed by atoms with Crippen LogP contribution in [0.2, 0.25) is 0 Å². The molecule has 0 aromatic carbocycles. The average molecular weight is 204 g/mol. The Morgan fingerprint density at radius 1 is 1.60 bits per heavy atom. The van der Waals surface area contributed by atoms with E-state index >= 15 is 0 Å². The number of fused-ring (bicyclic) bond motifs is 1. The molecule has 0 amide bonds. The monoisotopic (exact) mass is 204 g/mol. The normalized spacial score (nSPS) is 10.5. The number of nitrogens with zero attached hydrogens (tertiary/aromatic N) is 2.